The predicted molar refractivity (Wildman–Crippen MR) is 68.6 cm³/mol. The molecule has 1 saturated carbocycles. The van der Waals surface area contributed by atoms with Gasteiger partial charge in [0.25, 0.3) is 0 Å². The SMILES string of the molecule is CNC(=O)NC(=O)CCNC1CCC(C(=O)O)CC1. The van der Waals surface area contributed by atoms with E-state index in [4.69, 9.17) is 5.11 Å². The number of imide groups is 1. The molecule has 108 valence electrons. The van der Waals surface area contributed by atoms with E-state index in [1.54, 1.807) is 0 Å². The summed E-state index contributed by atoms with van der Waals surface area (Å²) >= 11 is 0. The number of carbonyl (C=O) groups excluding carboxylic acids is 2. The van der Waals surface area contributed by atoms with E-state index in [-0.39, 0.29) is 24.3 Å². The van der Waals surface area contributed by atoms with Crippen LogP contribution < -0.4 is 16.0 Å². The summed E-state index contributed by atoms with van der Waals surface area (Å²) in [4.78, 5) is 33.0. The third kappa shape index (κ3) is 5.69. The van der Waals surface area contributed by atoms with E-state index in [2.05, 4.69) is 16.0 Å². The number of hydrogen-bond donors (Lipinski definition) is 4. The molecule has 0 bridgehead atoms. The van der Waals surface area contributed by atoms with Gasteiger partial charge in [0.15, 0.2) is 0 Å². The van der Waals surface area contributed by atoms with Crippen molar-refractivity contribution in [3.8, 4) is 0 Å². The van der Waals surface area contributed by atoms with Crippen molar-refractivity contribution in [2.45, 2.75) is 38.1 Å². The summed E-state index contributed by atoms with van der Waals surface area (Å²) in [5, 5.41) is 16.6. The zero-order chi connectivity index (χ0) is 14.3. The Morgan fingerprint density at radius 2 is 1.79 bits per heavy atom. The van der Waals surface area contributed by atoms with Crippen molar-refractivity contribution < 1.29 is 19.5 Å². The predicted octanol–water partition coefficient (Wildman–Crippen LogP) is 0.0651. The minimum Gasteiger partial charge on any atom is -0.481 e. The van der Waals surface area contributed by atoms with Crippen LogP contribution in [0.15, 0.2) is 0 Å². The monoisotopic (exact) mass is 271 g/mol. The molecular formula is C12H21N3O4. The van der Waals surface area contributed by atoms with E-state index < -0.39 is 12.0 Å². The van der Waals surface area contributed by atoms with Crippen LogP contribution in [0.3, 0.4) is 0 Å². The summed E-state index contributed by atoms with van der Waals surface area (Å²) < 4.78 is 0. The van der Waals surface area contributed by atoms with E-state index in [9.17, 15) is 14.4 Å². The van der Waals surface area contributed by atoms with Crippen LogP contribution in [0.5, 0.6) is 0 Å². The third-order valence-electron chi connectivity index (χ3n) is 3.34. The van der Waals surface area contributed by atoms with Gasteiger partial charge in [-0.1, -0.05) is 0 Å². The molecule has 0 heterocycles. The van der Waals surface area contributed by atoms with E-state index in [0.29, 0.717) is 19.4 Å². The molecule has 0 aromatic heterocycles. The van der Waals surface area contributed by atoms with Gasteiger partial charge in [-0.05, 0) is 25.7 Å². The lowest BCUT2D eigenvalue weighted by atomic mass is 9.86. The molecule has 0 unspecified atom stereocenters. The largest absolute Gasteiger partial charge is 0.481 e. The zero-order valence-electron chi connectivity index (χ0n) is 11.1. The van der Waals surface area contributed by atoms with Gasteiger partial charge < -0.3 is 15.7 Å². The molecule has 0 aromatic rings. The van der Waals surface area contributed by atoms with Gasteiger partial charge in [0.1, 0.15) is 0 Å². The standard InChI is InChI=1S/C12H21N3O4/c1-13-12(19)15-10(16)6-7-14-9-4-2-8(3-5-9)11(17)18/h8-9,14H,2-7H2,1H3,(H,17,18)(H2,13,15,16,19). The fourth-order valence-corrected chi connectivity index (χ4v) is 2.19. The fraction of sp³-hybridized carbons (Fsp3) is 0.750. The number of urea groups is 1. The first-order valence-electron chi connectivity index (χ1n) is 6.50. The second kappa shape index (κ2) is 7.73. The average molecular weight is 271 g/mol. The van der Waals surface area contributed by atoms with Crippen molar-refractivity contribution in [2.75, 3.05) is 13.6 Å². The molecule has 7 nitrogen and oxygen atoms in total. The summed E-state index contributed by atoms with van der Waals surface area (Å²) in [5.41, 5.74) is 0. The Morgan fingerprint density at radius 3 is 2.32 bits per heavy atom. The summed E-state index contributed by atoms with van der Waals surface area (Å²) in [6, 6.07) is -0.240. The lowest BCUT2D eigenvalue weighted by molar-refractivity contribution is -0.142. The van der Waals surface area contributed by atoms with E-state index in [1.807, 2.05) is 0 Å². The number of carboxylic acids is 1. The highest BCUT2D eigenvalue weighted by atomic mass is 16.4. The Bertz CT molecular complexity index is 338. The number of aliphatic carboxylic acids is 1. The van der Waals surface area contributed by atoms with Gasteiger partial charge in [-0.2, -0.15) is 0 Å². The number of amides is 3. The molecule has 0 spiro atoms. The minimum absolute atomic E-state index is 0.227. The van der Waals surface area contributed by atoms with Crippen LogP contribution in [0, 0.1) is 5.92 Å². The van der Waals surface area contributed by atoms with Crippen molar-refractivity contribution in [1.29, 1.82) is 0 Å². The van der Waals surface area contributed by atoms with Gasteiger partial charge in [-0.25, -0.2) is 4.79 Å². The first-order chi connectivity index (χ1) is 9.02. The molecule has 3 amide bonds. The van der Waals surface area contributed by atoms with Crippen molar-refractivity contribution in [3.05, 3.63) is 0 Å². The molecule has 1 aliphatic carbocycles. The molecule has 1 rings (SSSR count). The normalized spacial score (nSPS) is 22.6. The van der Waals surface area contributed by atoms with Crippen LogP contribution >= 0.6 is 0 Å². The van der Waals surface area contributed by atoms with Crippen molar-refractivity contribution >= 4 is 17.9 Å². The summed E-state index contributed by atoms with van der Waals surface area (Å²) in [6.07, 6.45) is 3.21. The van der Waals surface area contributed by atoms with Gasteiger partial charge in [-0.3, -0.25) is 14.9 Å². The number of carboxylic acid groups (broad SMARTS) is 1. The molecule has 1 aliphatic rings. The molecule has 0 aromatic carbocycles. The fourth-order valence-electron chi connectivity index (χ4n) is 2.19. The number of rotatable bonds is 5. The van der Waals surface area contributed by atoms with Crippen LogP contribution in [0.1, 0.15) is 32.1 Å². The molecular weight excluding hydrogens is 250 g/mol. The Morgan fingerprint density at radius 1 is 1.16 bits per heavy atom. The summed E-state index contributed by atoms with van der Waals surface area (Å²) in [7, 11) is 1.45. The maximum Gasteiger partial charge on any atom is 0.321 e. The summed E-state index contributed by atoms with van der Waals surface area (Å²) in [6.45, 7) is 0.491. The van der Waals surface area contributed by atoms with E-state index in [1.165, 1.54) is 7.05 Å². The van der Waals surface area contributed by atoms with Crippen molar-refractivity contribution in [1.82, 2.24) is 16.0 Å². The van der Waals surface area contributed by atoms with Gasteiger partial charge in [-0.15, -0.1) is 0 Å². The molecule has 0 saturated heterocycles. The Kier molecular flexibility index (Phi) is 6.27. The maximum atomic E-state index is 11.3. The van der Waals surface area contributed by atoms with Gasteiger partial charge >= 0.3 is 12.0 Å². The zero-order valence-corrected chi connectivity index (χ0v) is 11.1. The second-order valence-corrected chi connectivity index (χ2v) is 4.72. The topological polar surface area (TPSA) is 108 Å². The second-order valence-electron chi connectivity index (χ2n) is 4.72. The Balaban J connectivity index is 2.12. The minimum atomic E-state index is -0.719. The molecule has 1 fully saturated rings. The highest BCUT2D eigenvalue weighted by Crippen LogP contribution is 2.24. The molecule has 0 radical (unpaired) electrons. The number of nitrogens with one attached hydrogen (secondary N) is 3. The van der Waals surface area contributed by atoms with Gasteiger partial charge in [0.2, 0.25) is 5.91 Å². The first kappa shape index (κ1) is 15.4. The lowest BCUT2D eigenvalue weighted by Crippen LogP contribution is -2.40. The van der Waals surface area contributed by atoms with Gasteiger partial charge in [0.05, 0.1) is 5.92 Å². The maximum absolute atomic E-state index is 11.3. The van der Waals surface area contributed by atoms with Crippen LogP contribution in [0.25, 0.3) is 0 Å². The number of carbonyl (C=O) groups is 3. The van der Waals surface area contributed by atoms with E-state index in [0.717, 1.165) is 12.8 Å². The molecule has 4 N–H and O–H groups in total. The molecule has 0 aliphatic heterocycles. The van der Waals surface area contributed by atoms with Crippen LogP contribution in [-0.2, 0) is 9.59 Å². The lowest BCUT2D eigenvalue weighted by Gasteiger charge is -2.26. The molecule has 7 heteroatoms. The van der Waals surface area contributed by atoms with Crippen LogP contribution in [-0.4, -0.2) is 42.6 Å². The smallest absolute Gasteiger partial charge is 0.321 e. The van der Waals surface area contributed by atoms with Crippen LogP contribution in [0.4, 0.5) is 4.79 Å². The van der Waals surface area contributed by atoms with E-state index >= 15 is 0 Å². The quantitative estimate of drug-likeness (QED) is 0.566. The van der Waals surface area contributed by atoms with Gasteiger partial charge in [0, 0.05) is 26.1 Å². The third-order valence-corrected chi connectivity index (χ3v) is 3.34. The molecule has 19 heavy (non-hydrogen) atoms. The Hall–Kier alpha value is -1.63. The average Bonchev–Trinajstić information content (AvgIpc) is 2.39. The van der Waals surface area contributed by atoms with Crippen molar-refractivity contribution in [2.24, 2.45) is 5.92 Å². The van der Waals surface area contributed by atoms with Crippen LogP contribution in [0.2, 0.25) is 0 Å². The number of hydrogen-bond acceptors (Lipinski definition) is 4. The Labute approximate surface area is 112 Å². The van der Waals surface area contributed by atoms with Crippen molar-refractivity contribution in [3.63, 3.8) is 0 Å². The first-order valence-corrected chi connectivity index (χ1v) is 6.50. The summed E-state index contributed by atoms with van der Waals surface area (Å²) in [5.74, 6) is -1.27. The molecule has 0 atom stereocenters. The highest BCUT2D eigenvalue weighted by molar-refractivity contribution is 5.94. The highest BCUT2D eigenvalue weighted by Gasteiger charge is 2.25.